The third-order valence-corrected chi connectivity index (χ3v) is 3.51. The highest BCUT2D eigenvalue weighted by Crippen LogP contribution is 2.24. The molecule has 0 radical (unpaired) electrons. The van der Waals surface area contributed by atoms with E-state index >= 15 is 0 Å². The second kappa shape index (κ2) is 9.71. The van der Waals surface area contributed by atoms with Gasteiger partial charge in [-0.15, -0.1) is 24.8 Å². The van der Waals surface area contributed by atoms with Crippen LogP contribution in [0.2, 0.25) is 0 Å². The molecule has 1 aromatic carbocycles. The average molecular weight is 336 g/mol. The van der Waals surface area contributed by atoms with Crippen LogP contribution in [-0.2, 0) is 9.53 Å². The number of carbonyl (C=O) groups is 1. The van der Waals surface area contributed by atoms with Gasteiger partial charge >= 0.3 is 0 Å². The molecule has 0 bridgehead atoms. The smallest absolute Gasteiger partial charge is 0.225 e. The fourth-order valence-electron chi connectivity index (χ4n) is 2.37. The monoisotopic (exact) mass is 335 g/mol. The van der Waals surface area contributed by atoms with Crippen molar-refractivity contribution in [1.82, 2.24) is 5.32 Å². The van der Waals surface area contributed by atoms with Gasteiger partial charge in [0.25, 0.3) is 0 Å². The number of nitrogens with zero attached hydrogens (tertiary/aromatic N) is 1. The van der Waals surface area contributed by atoms with E-state index < -0.39 is 0 Å². The zero-order chi connectivity index (χ0) is 13.7. The summed E-state index contributed by atoms with van der Waals surface area (Å²) in [5.74, 6) is 0.194. The Labute approximate surface area is 138 Å². The Morgan fingerprint density at radius 3 is 2.38 bits per heavy atom. The fraction of sp³-hybridized carbons (Fsp3) is 0.500. The molecule has 1 saturated heterocycles. The van der Waals surface area contributed by atoms with Gasteiger partial charge in [-0.3, -0.25) is 4.79 Å². The number of benzene rings is 1. The lowest BCUT2D eigenvalue weighted by atomic mass is 9.95. The number of piperidine rings is 1. The van der Waals surface area contributed by atoms with Gasteiger partial charge in [0, 0.05) is 37.5 Å². The number of ether oxygens (including phenoxy) is 1. The van der Waals surface area contributed by atoms with Crippen LogP contribution < -0.4 is 16.0 Å². The number of nitrogen functional groups attached to an aromatic ring is 1. The van der Waals surface area contributed by atoms with Crippen LogP contribution >= 0.6 is 24.8 Å². The summed E-state index contributed by atoms with van der Waals surface area (Å²) in [6, 6.07) is 7.88. The predicted octanol–water partition coefficient (Wildman–Crippen LogP) is 2.05. The van der Waals surface area contributed by atoms with E-state index in [0.717, 1.165) is 31.6 Å². The maximum atomic E-state index is 11.8. The molecule has 21 heavy (non-hydrogen) atoms. The minimum absolute atomic E-state index is 0. The summed E-state index contributed by atoms with van der Waals surface area (Å²) >= 11 is 0. The average Bonchev–Trinajstić information content (AvgIpc) is 2.46. The molecular formula is C14H23Cl2N3O2. The normalized spacial score (nSPS) is 14.8. The Morgan fingerprint density at radius 1 is 1.29 bits per heavy atom. The summed E-state index contributed by atoms with van der Waals surface area (Å²) in [7, 11) is 1.57. The molecule has 7 heteroatoms. The minimum atomic E-state index is 0. The lowest BCUT2D eigenvalue weighted by molar-refractivity contribution is -0.127. The Morgan fingerprint density at radius 2 is 1.86 bits per heavy atom. The van der Waals surface area contributed by atoms with Crippen molar-refractivity contribution in [3.05, 3.63) is 24.3 Å². The summed E-state index contributed by atoms with van der Waals surface area (Å²) in [4.78, 5) is 14.1. The number of hydrogen-bond acceptors (Lipinski definition) is 4. The molecule has 1 aromatic rings. The van der Waals surface area contributed by atoms with Crippen LogP contribution in [0.1, 0.15) is 12.8 Å². The number of amides is 1. The van der Waals surface area contributed by atoms with Gasteiger partial charge in [0.2, 0.25) is 5.91 Å². The van der Waals surface area contributed by atoms with Crippen LogP contribution in [0, 0.1) is 5.92 Å². The van der Waals surface area contributed by atoms with E-state index in [0.29, 0.717) is 0 Å². The number of carbonyl (C=O) groups excluding carboxylic acids is 1. The van der Waals surface area contributed by atoms with E-state index in [1.165, 1.54) is 5.69 Å². The van der Waals surface area contributed by atoms with Gasteiger partial charge in [-0.25, -0.2) is 0 Å². The molecule has 120 valence electrons. The van der Waals surface area contributed by atoms with Crippen molar-refractivity contribution in [3.63, 3.8) is 0 Å². The Hall–Kier alpha value is -1.17. The van der Waals surface area contributed by atoms with E-state index in [2.05, 4.69) is 10.2 Å². The first-order valence-corrected chi connectivity index (χ1v) is 6.58. The number of halogens is 2. The van der Waals surface area contributed by atoms with Gasteiger partial charge in [-0.1, -0.05) is 0 Å². The molecule has 0 unspecified atom stereocenters. The first-order valence-electron chi connectivity index (χ1n) is 6.58. The molecule has 1 heterocycles. The molecule has 1 aliphatic heterocycles. The number of hydrogen-bond donors (Lipinski definition) is 2. The highest BCUT2D eigenvalue weighted by molar-refractivity contribution is 5.85. The topological polar surface area (TPSA) is 67.6 Å². The first-order chi connectivity index (χ1) is 9.20. The largest absolute Gasteiger partial charge is 0.399 e. The molecular weight excluding hydrogens is 313 g/mol. The summed E-state index contributed by atoms with van der Waals surface area (Å²) in [5.41, 5.74) is 7.63. The van der Waals surface area contributed by atoms with Crippen LogP contribution in [0.3, 0.4) is 0 Å². The molecule has 1 fully saturated rings. The Balaban J connectivity index is 0.00000200. The van der Waals surface area contributed by atoms with Crippen molar-refractivity contribution in [2.24, 2.45) is 5.92 Å². The van der Waals surface area contributed by atoms with Crippen molar-refractivity contribution in [2.75, 3.05) is 37.6 Å². The maximum absolute atomic E-state index is 11.8. The van der Waals surface area contributed by atoms with E-state index in [9.17, 15) is 4.79 Å². The van der Waals surface area contributed by atoms with Crippen LogP contribution in [-0.4, -0.2) is 32.8 Å². The fourth-order valence-corrected chi connectivity index (χ4v) is 2.37. The second-order valence-electron chi connectivity index (χ2n) is 4.83. The van der Waals surface area contributed by atoms with E-state index in [1.807, 2.05) is 24.3 Å². The van der Waals surface area contributed by atoms with Crippen LogP contribution in [0.5, 0.6) is 0 Å². The number of methoxy groups -OCH3 is 1. The minimum Gasteiger partial charge on any atom is -0.399 e. The second-order valence-corrected chi connectivity index (χ2v) is 4.83. The molecule has 0 saturated carbocycles. The van der Waals surface area contributed by atoms with Crippen molar-refractivity contribution >= 4 is 42.1 Å². The zero-order valence-corrected chi connectivity index (χ0v) is 13.7. The SMILES string of the molecule is COCNC(=O)C1CCN(c2ccc(N)cc2)CC1.Cl.Cl. The van der Waals surface area contributed by atoms with Crippen molar-refractivity contribution < 1.29 is 9.53 Å². The highest BCUT2D eigenvalue weighted by Gasteiger charge is 2.24. The molecule has 0 aromatic heterocycles. The van der Waals surface area contributed by atoms with Crippen molar-refractivity contribution in [1.29, 1.82) is 0 Å². The van der Waals surface area contributed by atoms with Gasteiger partial charge < -0.3 is 20.7 Å². The third-order valence-electron chi connectivity index (χ3n) is 3.51. The quantitative estimate of drug-likeness (QED) is 0.652. The van der Waals surface area contributed by atoms with Gasteiger partial charge in [0.05, 0.1) is 0 Å². The van der Waals surface area contributed by atoms with Crippen molar-refractivity contribution in [3.8, 4) is 0 Å². The maximum Gasteiger partial charge on any atom is 0.225 e. The molecule has 0 aliphatic carbocycles. The lowest BCUT2D eigenvalue weighted by Gasteiger charge is -2.33. The third kappa shape index (κ3) is 5.61. The number of rotatable bonds is 4. The van der Waals surface area contributed by atoms with Gasteiger partial charge in [-0.2, -0.15) is 0 Å². The van der Waals surface area contributed by atoms with Gasteiger partial charge in [0.15, 0.2) is 0 Å². The zero-order valence-electron chi connectivity index (χ0n) is 12.1. The molecule has 1 aliphatic rings. The molecule has 1 amide bonds. The van der Waals surface area contributed by atoms with E-state index in [4.69, 9.17) is 10.5 Å². The molecule has 5 nitrogen and oxygen atoms in total. The molecule has 2 rings (SSSR count). The van der Waals surface area contributed by atoms with E-state index in [-0.39, 0.29) is 43.4 Å². The Kier molecular flexibility index (Phi) is 9.17. The van der Waals surface area contributed by atoms with Gasteiger partial charge in [0.1, 0.15) is 6.73 Å². The number of anilines is 2. The molecule has 0 spiro atoms. The number of nitrogens with two attached hydrogens (primary N) is 1. The predicted molar refractivity (Wildman–Crippen MR) is 90.3 cm³/mol. The summed E-state index contributed by atoms with van der Waals surface area (Å²) < 4.78 is 4.85. The molecule has 3 N–H and O–H groups in total. The van der Waals surface area contributed by atoms with Gasteiger partial charge in [-0.05, 0) is 37.1 Å². The Bertz CT molecular complexity index is 421. The van der Waals surface area contributed by atoms with E-state index in [1.54, 1.807) is 7.11 Å². The highest BCUT2D eigenvalue weighted by atomic mass is 35.5. The van der Waals surface area contributed by atoms with Crippen LogP contribution in [0.15, 0.2) is 24.3 Å². The first kappa shape index (κ1) is 19.8. The van der Waals surface area contributed by atoms with Crippen LogP contribution in [0.4, 0.5) is 11.4 Å². The number of nitrogens with one attached hydrogen (secondary N) is 1. The van der Waals surface area contributed by atoms with Crippen molar-refractivity contribution in [2.45, 2.75) is 12.8 Å². The standard InChI is InChI=1S/C14H21N3O2.2ClH/c1-19-10-16-14(18)11-6-8-17(9-7-11)13-4-2-12(15)3-5-13;;/h2-5,11H,6-10,15H2,1H3,(H,16,18);2*1H. The summed E-state index contributed by atoms with van der Waals surface area (Å²) in [6.07, 6.45) is 1.75. The molecule has 0 atom stereocenters. The van der Waals surface area contributed by atoms with Crippen LogP contribution in [0.25, 0.3) is 0 Å². The lowest BCUT2D eigenvalue weighted by Crippen LogP contribution is -2.41. The summed E-state index contributed by atoms with van der Waals surface area (Å²) in [6.45, 7) is 2.08. The summed E-state index contributed by atoms with van der Waals surface area (Å²) in [5, 5.41) is 2.77.